The van der Waals surface area contributed by atoms with E-state index >= 15 is 0 Å². The summed E-state index contributed by atoms with van der Waals surface area (Å²) in [6.07, 6.45) is 0.844. The Kier molecular flexibility index (Phi) is 3.08. The van der Waals surface area contributed by atoms with E-state index < -0.39 is 0 Å². The topological polar surface area (TPSA) is 46.2 Å². The fraction of sp³-hybridized carbons (Fsp3) is 0.333. The van der Waals surface area contributed by atoms with Crippen LogP contribution in [0.5, 0.6) is 0 Å². The van der Waals surface area contributed by atoms with Crippen molar-refractivity contribution in [3.8, 4) is 0 Å². The molecule has 0 amide bonds. The van der Waals surface area contributed by atoms with E-state index in [0.29, 0.717) is 6.54 Å². The predicted octanol–water partition coefficient (Wildman–Crippen LogP) is 0.680. The average Bonchev–Trinajstić information content (AvgIpc) is 2.06. The molecule has 2 heteroatoms. The second-order valence-electron chi connectivity index (χ2n) is 2.47. The molecule has 0 aliphatic rings. The third-order valence-corrected chi connectivity index (χ3v) is 1.70. The van der Waals surface area contributed by atoms with Crippen LogP contribution in [0.25, 0.3) is 0 Å². The van der Waals surface area contributed by atoms with Crippen molar-refractivity contribution < 1.29 is 5.11 Å². The van der Waals surface area contributed by atoms with Crippen LogP contribution in [-0.4, -0.2) is 11.7 Å². The minimum absolute atomic E-state index is 0.107. The Morgan fingerprint density at radius 2 is 1.82 bits per heavy atom. The largest absolute Gasteiger partial charge is 0.392 e. The maximum atomic E-state index is 8.90. The minimum Gasteiger partial charge on any atom is -0.392 e. The highest BCUT2D eigenvalue weighted by molar-refractivity contribution is 5.26. The van der Waals surface area contributed by atoms with Gasteiger partial charge in [-0.25, -0.2) is 0 Å². The van der Waals surface area contributed by atoms with E-state index in [9.17, 15) is 0 Å². The summed E-state index contributed by atoms with van der Waals surface area (Å²) < 4.78 is 0. The Morgan fingerprint density at radius 3 is 2.36 bits per heavy atom. The number of aliphatic hydroxyl groups excluding tert-OH is 1. The Morgan fingerprint density at radius 1 is 1.18 bits per heavy atom. The molecular weight excluding hydrogens is 138 g/mol. The second kappa shape index (κ2) is 4.11. The number of hydrogen-bond acceptors (Lipinski definition) is 2. The molecule has 0 aromatic heterocycles. The van der Waals surface area contributed by atoms with Crippen molar-refractivity contribution in [3.63, 3.8) is 0 Å². The molecule has 1 aromatic rings. The molecule has 0 bridgehead atoms. The summed E-state index contributed by atoms with van der Waals surface area (Å²) >= 11 is 0. The van der Waals surface area contributed by atoms with Crippen LogP contribution >= 0.6 is 0 Å². The van der Waals surface area contributed by atoms with E-state index in [1.807, 2.05) is 24.3 Å². The van der Waals surface area contributed by atoms with Crippen LogP contribution in [-0.2, 0) is 13.0 Å². The highest BCUT2D eigenvalue weighted by atomic mass is 16.3. The quantitative estimate of drug-likeness (QED) is 0.667. The summed E-state index contributed by atoms with van der Waals surface area (Å²) in [6.45, 7) is 0.743. The van der Waals surface area contributed by atoms with Gasteiger partial charge in [-0.2, -0.15) is 0 Å². The molecule has 60 valence electrons. The standard InChI is InChI=1S/C9H13NO/c10-6-5-8-3-1-2-4-9(8)7-11/h1-4,11H,5-7,10H2. The first kappa shape index (κ1) is 8.24. The van der Waals surface area contributed by atoms with Crippen LogP contribution in [0.4, 0.5) is 0 Å². The molecule has 0 aliphatic heterocycles. The molecule has 0 radical (unpaired) electrons. The molecule has 2 nitrogen and oxygen atoms in total. The van der Waals surface area contributed by atoms with E-state index in [2.05, 4.69) is 0 Å². The predicted molar refractivity (Wildman–Crippen MR) is 45.1 cm³/mol. The lowest BCUT2D eigenvalue weighted by atomic mass is 10.1. The Hall–Kier alpha value is -0.860. The van der Waals surface area contributed by atoms with Gasteiger partial charge in [0.25, 0.3) is 0 Å². The van der Waals surface area contributed by atoms with Gasteiger partial charge >= 0.3 is 0 Å². The fourth-order valence-corrected chi connectivity index (χ4v) is 1.11. The van der Waals surface area contributed by atoms with Gasteiger partial charge in [-0.3, -0.25) is 0 Å². The second-order valence-corrected chi connectivity index (χ2v) is 2.47. The molecule has 0 saturated heterocycles. The average molecular weight is 151 g/mol. The van der Waals surface area contributed by atoms with Gasteiger partial charge in [0, 0.05) is 0 Å². The Balaban J connectivity index is 2.83. The number of rotatable bonds is 3. The molecule has 3 N–H and O–H groups in total. The molecule has 0 unspecified atom stereocenters. The van der Waals surface area contributed by atoms with Crippen LogP contribution in [0, 0.1) is 0 Å². The molecule has 0 saturated carbocycles. The van der Waals surface area contributed by atoms with Gasteiger partial charge < -0.3 is 10.8 Å². The molecule has 0 aliphatic carbocycles. The lowest BCUT2D eigenvalue weighted by Crippen LogP contribution is -2.04. The van der Waals surface area contributed by atoms with Gasteiger partial charge in [0.1, 0.15) is 0 Å². The lowest BCUT2D eigenvalue weighted by Gasteiger charge is -2.03. The fourth-order valence-electron chi connectivity index (χ4n) is 1.11. The van der Waals surface area contributed by atoms with E-state index in [1.54, 1.807) is 0 Å². The molecule has 0 spiro atoms. The molecular formula is C9H13NO. The summed E-state index contributed by atoms with van der Waals surface area (Å²) in [5.41, 5.74) is 7.54. The van der Waals surface area contributed by atoms with Crippen molar-refractivity contribution in [2.45, 2.75) is 13.0 Å². The van der Waals surface area contributed by atoms with Gasteiger partial charge in [-0.1, -0.05) is 24.3 Å². The molecule has 1 rings (SSSR count). The molecule has 0 heterocycles. The van der Waals surface area contributed by atoms with E-state index in [4.69, 9.17) is 10.8 Å². The SMILES string of the molecule is NCCc1ccccc1CO. The van der Waals surface area contributed by atoms with Gasteiger partial charge in [-0.05, 0) is 24.1 Å². The first-order valence-corrected chi connectivity index (χ1v) is 3.76. The maximum absolute atomic E-state index is 8.90. The van der Waals surface area contributed by atoms with Gasteiger partial charge in [0.15, 0.2) is 0 Å². The summed E-state index contributed by atoms with van der Waals surface area (Å²) in [5.74, 6) is 0. The summed E-state index contributed by atoms with van der Waals surface area (Å²) in [5, 5.41) is 8.90. The van der Waals surface area contributed by atoms with E-state index in [-0.39, 0.29) is 6.61 Å². The number of benzene rings is 1. The van der Waals surface area contributed by atoms with Crippen molar-refractivity contribution >= 4 is 0 Å². The third kappa shape index (κ3) is 2.03. The summed E-state index contributed by atoms with van der Waals surface area (Å²) in [7, 11) is 0. The van der Waals surface area contributed by atoms with E-state index in [1.165, 1.54) is 0 Å². The number of aliphatic hydroxyl groups is 1. The van der Waals surface area contributed by atoms with Gasteiger partial charge in [0.2, 0.25) is 0 Å². The van der Waals surface area contributed by atoms with Crippen LogP contribution in [0.15, 0.2) is 24.3 Å². The van der Waals surface area contributed by atoms with Gasteiger partial charge in [0.05, 0.1) is 6.61 Å². The number of hydrogen-bond donors (Lipinski definition) is 2. The molecule has 0 fully saturated rings. The van der Waals surface area contributed by atoms with Crippen LogP contribution in [0.2, 0.25) is 0 Å². The smallest absolute Gasteiger partial charge is 0.0684 e. The van der Waals surface area contributed by atoms with Crippen molar-refractivity contribution in [1.29, 1.82) is 0 Å². The highest BCUT2D eigenvalue weighted by Crippen LogP contribution is 2.08. The molecule has 0 atom stereocenters. The monoisotopic (exact) mass is 151 g/mol. The van der Waals surface area contributed by atoms with Crippen LogP contribution < -0.4 is 5.73 Å². The molecule has 1 aromatic carbocycles. The van der Waals surface area contributed by atoms with Crippen molar-refractivity contribution in [3.05, 3.63) is 35.4 Å². The lowest BCUT2D eigenvalue weighted by molar-refractivity contribution is 0.280. The summed E-state index contributed by atoms with van der Waals surface area (Å²) in [6, 6.07) is 7.80. The Labute approximate surface area is 66.7 Å². The van der Waals surface area contributed by atoms with E-state index in [0.717, 1.165) is 17.5 Å². The first-order chi connectivity index (χ1) is 5.38. The normalized spacial score (nSPS) is 10.0. The van der Waals surface area contributed by atoms with Crippen molar-refractivity contribution in [1.82, 2.24) is 0 Å². The van der Waals surface area contributed by atoms with Crippen molar-refractivity contribution in [2.75, 3.05) is 6.54 Å². The van der Waals surface area contributed by atoms with Crippen molar-refractivity contribution in [2.24, 2.45) is 5.73 Å². The van der Waals surface area contributed by atoms with Gasteiger partial charge in [-0.15, -0.1) is 0 Å². The first-order valence-electron chi connectivity index (χ1n) is 3.76. The van der Waals surface area contributed by atoms with Crippen LogP contribution in [0.3, 0.4) is 0 Å². The molecule has 11 heavy (non-hydrogen) atoms. The zero-order valence-corrected chi connectivity index (χ0v) is 6.46. The summed E-state index contributed by atoms with van der Waals surface area (Å²) in [4.78, 5) is 0. The zero-order valence-electron chi connectivity index (χ0n) is 6.46. The van der Waals surface area contributed by atoms with Crippen LogP contribution in [0.1, 0.15) is 11.1 Å². The number of nitrogens with two attached hydrogens (primary N) is 1. The minimum atomic E-state index is 0.107. The highest BCUT2D eigenvalue weighted by Gasteiger charge is 1.97. The zero-order chi connectivity index (χ0) is 8.10. The maximum Gasteiger partial charge on any atom is 0.0684 e. The third-order valence-electron chi connectivity index (χ3n) is 1.70. The Bertz CT molecular complexity index is 223.